The molecule has 0 atom stereocenters. The molecule has 17 heavy (non-hydrogen) atoms. The van der Waals surface area contributed by atoms with Crippen LogP contribution in [-0.2, 0) is 9.53 Å². The number of ether oxygens (including phenoxy) is 1. The summed E-state index contributed by atoms with van der Waals surface area (Å²) in [6, 6.07) is 7.08. The highest BCUT2D eigenvalue weighted by Gasteiger charge is 1.99. The lowest BCUT2D eigenvalue weighted by Gasteiger charge is -1.98. The van der Waals surface area contributed by atoms with Crippen LogP contribution in [-0.4, -0.2) is 12.6 Å². The van der Waals surface area contributed by atoms with Gasteiger partial charge in [0.15, 0.2) is 0 Å². The molecule has 0 aliphatic rings. The second-order valence-electron chi connectivity index (χ2n) is 3.26. The normalized spacial score (nSPS) is 10.2. The minimum absolute atomic E-state index is 0.228. The summed E-state index contributed by atoms with van der Waals surface area (Å²) in [7, 11) is 0. The molecule has 88 valence electrons. The van der Waals surface area contributed by atoms with Crippen LogP contribution >= 0.6 is 11.6 Å². The van der Waals surface area contributed by atoms with Gasteiger partial charge in [0, 0.05) is 0 Å². The lowest BCUT2D eigenvalue weighted by atomic mass is 10.1. The standard InChI is InChI=1S/C13H12ClNO2/c1-2-17-13(16)5-3-4-10-6-7-11(9-15)12(14)8-10/h3-4,6-8H,2,5H2,1H3. The number of carbonyl (C=O) groups excluding carboxylic acids is 1. The molecular formula is C13H12ClNO2. The van der Waals surface area contributed by atoms with Crippen molar-refractivity contribution >= 4 is 23.6 Å². The number of hydrogen-bond donors (Lipinski definition) is 0. The summed E-state index contributed by atoms with van der Waals surface area (Å²) in [5.74, 6) is -0.261. The molecule has 3 nitrogen and oxygen atoms in total. The average Bonchev–Trinajstić information content (AvgIpc) is 2.29. The van der Waals surface area contributed by atoms with E-state index >= 15 is 0 Å². The van der Waals surface area contributed by atoms with Crippen LogP contribution in [0, 0.1) is 11.3 Å². The van der Waals surface area contributed by atoms with Crippen molar-refractivity contribution < 1.29 is 9.53 Å². The number of hydrogen-bond acceptors (Lipinski definition) is 3. The Morgan fingerprint density at radius 1 is 1.59 bits per heavy atom. The molecule has 0 radical (unpaired) electrons. The Bertz CT molecular complexity index is 475. The maximum Gasteiger partial charge on any atom is 0.309 e. The van der Waals surface area contributed by atoms with Crippen LogP contribution in [0.25, 0.3) is 6.08 Å². The Morgan fingerprint density at radius 3 is 2.94 bits per heavy atom. The highest BCUT2D eigenvalue weighted by Crippen LogP contribution is 2.17. The quantitative estimate of drug-likeness (QED) is 0.770. The van der Waals surface area contributed by atoms with Crippen molar-refractivity contribution in [3.05, 3.63) is 40.4 Å². The van der Waals surface area contributed by atoms with Gasteiger partial charge in [-0.05, 0) is 24.6 Å². The van der Waals surface area contributed by atoms with Gasteiger partial charge in [-0.1, -0.05) is 29.8 Å². The summed E-state index contributed by atoms with van der Waals surface area (Å²) in [6.07, 6.45) is 3.70. The molecule has 0 aliphatic heterocycles. The SMILES string of the molecule is CCOC(=O)CC=Cc1ccc(C#N)c(Cl)c1. The Labute approximate surface area is 105 Å². The van der Waals surface area contributed by atoms with E-state index in [1.165, 1.54) is 0 Å². The fourth-order valence-corrected chi connectivity index (χ4v) is 1.47. The molecule has 0 saturated heterocycles. The monoisotopic (exact) mass is 249 g/mol. The summed E-state index contributed by atoms with van der Waals surface area (Å²) >= 11 is 5.87. The van der Waals surface area contributed by atoms with Crippen LogP contribution in [0.2, 0.25) is 5.02 Å². The number of carbonyl (C=O) groups is 1. The molecule has 0 bridgehead atoms. The van der Waals surface area contributed by atoms with Crippen molar-refractivity contribution in [1.82, 2.24) is 0 Å². The van der Waals surface area contributed by atoms with Gasteiger partial charge in [-0.2, -0.15) is 5.26 Å². The second-order valence-corrected chi connectivity index (χ2v) is 3.67. The maximum absolute atomic E-state index is 11.1. The van der Waals surface area contributed by atoms with Crippen molar-refractivity contribution in [3.8, 4) is 6.07 Å². The van der Waals surface area contributed by atoms with Crippen LogP contribution in [0.4, 0.5) is 0 Å². The molecule has 1 aromatic carbocycles. The smallest absolute Gasteiger partial charge is 0.309 e. The van der Waals surface area contributed by atoms with E-state index < -0.39 is 0 Å². The molecule has 0 saturated carbocycles. The molecule has 0 heterocycles. The second kappa shape index (κ2) is 6.72. The molecule has 0 aromatic heterocycles. The third kappa shape index (κ3) is 4.29. The Kier molecular flexibility index (Phi) is 5.25. The topological polar surface area (TPSA) is 50.1 Å². The summed E-state index contributed by atoms with van der Waals surface area (Å²) in [4.78, 5) is 11.1. The first kappa shape index (κ1) is 13.3. The molecule has 1 rings (SSSR count). The highest BCUT2D eigenvalue weighted by atomic mass is 35.5. The third-order valence-electron chi connectivity index (χ3n) is 2.01. The first-order valence-electron chi connectivity index (χ1n) is 5.19. The molecular weight excluding hydrogens is 238 g/mol. The average molecular weight is 250 g/mol. The Morgan fingerprint density at radius 2 is 2.35 bits per heavy atom. The zero-order valence-corrected chi connectivity index (χ0v) is 10.2. The number of esters is 1. The highest BCUT2D eigenvalue weighted by molar-refractivity contribution is 6.31. The third-order valence-corrected chi connectivity index (χ3v) is 2.33. The van der Waals surface area contributed by atoms with Gasteiger partial charge in [0.05, 0.1) is 23.6 Å². The van der Waals surface area contributed by atoms with Crippen LogP contribution in [0.5, 0.6) is 0 Å². The van der Waals surface area contributed by atoms with Gasteiger partial charge in [-0.3, -0.25) is 4.79 Å². The molecule has 4 heteroatoms. The molecule has 0 unspecified atom stereocenters. The van der Waals surface area contributed by atoms with E-state index in [1.807, 2.05) is 6.07 Å². The fraction of sp³-hybridized carbons (Fsp3) is 0.231. The van der Waals surface area contributed by atoms with Gasteiger partial charge >= 0.3 is 5.97 Å². The van der Waals surface area contributed by atoms with Crippen LogP contribution in [0.1, 0.15) is 24.5 Å². The van der Waals surface area contributed by atoms with Gasteiger partial charge in [0.2, 0.25) is 0 Å². The number of nitriles is 1. The molecule has 0 aliphatic carbocycles. The molecule has 0 amide bonds. The van der Waals surface area contributed by atoms with Gasteiger partial charge < -0.3 is 4.74 Å². The van der Waals surface area contributed by atoms with E-state index in [-0.39, 0.29) is 12.4 Å². The van der Waals surface area contributed by atoms with Gasteiger partial charge in [-0.15, -0.1) is 0 Å². The Hall–Kier alpha value is -1.79. The zero-order chi connectivity index (χ0) is 12.7. The van der Waals surface area contributed by atoms with E-state index in [0.717, 1.165) is 5.56 Å². The van der Waals surface area contributed by atoms with E-state index in [1.54, 1.807) is 37.3 Å². The van der Waals surface area contributed by atoms with Crippen LogP contribution < -0.4 is 0 Å². The largest absolute Gasteiger partial charge is 0.466 e. The van der Waals surface area contributed by atoms with E-state index in [2.05, 4.69) is 0 Å². The molecule has 1 aromatic rings. The predicted molar refractivity (Wildman–Crippen MR) is 66.5 cm³/mol. The Balaban J connectivity index is 2.64. The van der Waals surface area contributed by atoms with Crippen molar-refractivity contribution in [3.63, 3.8) is 0 Å². The van der Waals surface area contributed by atoms with E-state index in [0.29, 0.717) is 17.2 Å². The zero-order valence-electron chi connectivity index (χ0n) is 9.44. The van der Waals surface area contributed by atoms with Crippen molar-refractivity contribution in [2.24, 2.45) is 0 Å². The van der Waals surface area contributed by atoms with E-state index in [9.17, 15) is 4.79 Å². The summed E-state index contributed by atoms with van der Waals surface area (Å²) < 4.78 is 4.78. The lowest BCUT2D eigenvalue weighted by molar-refractivity contribution is -0.142. The van der Waals surface area contributed by atoms with Crippen molar-refractivity contribution in [2.75, 3.05) is 6.61 Å². The fourth-order valence-electron chi connectivity index (χ4n) is 1.24. The van der Waals surface area contributed by atoms with Crippen LogP contribution in [0.15, 0.2) is 24.3 Å². The first-order chi connectivity index (χ1) is 8.17. The lowest BCUT2D eigenvalue weighted by Crippen LogP contribution is -2.01. The number of benzene rings is 1. The van der Waals surface area contributed by atoms with Gasteiger partial charge in [-0.25, -0.2) is 0 Å². The minimum Gasteiger partial charge on any atom is -0.466 e. The molecule has 0 spiro atoms. The summed E-state index contributed by atoms with van der Waals surface area (Å²) in [5, 5.41) is 9.11. The van der Waals surface area contributed by atoms with Crippen molar-refractivity contribution in [2.45, 2.75) is 13.3 Å². The number of nitrogens with zero attached hydrogens (tertiary/aromatic N) is 1. The molecule has 0 N–H and O–H groups in total. The maximum atomic E-state index is 11.1. The first-order valence-corrected chi connectivity index (χ1v) is 5.57. The number of halogens is 1. The summed E-state index contributed by atoms with van der Waals surface area (Å²) in [5.41, 5.74) is 1.28. The summed E-state index contributed by atoms with van der Waals surface area (Å²) in [6.45, 7) is 2.15. The predicted octanol–water partition coefficient (Wildman–Crippen LogP) is 3.18. The molecule has 0 fully saturated rings. The minimum atomic E-state index is -0.261. The van der Waals surface area contributed by atoms with E-state index in [4.69, 9.17) is 21.6 Å². The van der Waals surface area contributed by atoms with Crippen molar-refractivity contribution in [1.29, 1.82) is 5.26 Å². The number of rotatable bonds is 4. The van der Waals surface area contributed by atoms with Gasteiger partial charge in [0.1, 0.15) is 6.07 Å². The van der Waals surface area contributed by atoms with Crippen LogP contribution in [0.3, 0.4) is 0 Å². The van der Waals surface area contributed by atoms with Gasteiger partial charge in [0.25, 0.3) is 0 Å².